The quantitative estimate of drug-likeness (QED) is 0.816. The molecule has 1 N–H and O–H groups in total. The minimum atomic E-state index is -4.68. The molecule has 0 aliphatic carbocycles. The third kappa shape index (κ3) is 2.59. The molecule has 0 aliphatic heterocycles. The second-order valence-electron chi connectivity index (χ2n) is 2.70. The summed E-state index contributed by atoms with van der Waals surface area (Å²) in [5.41, 5.74) is -1.87. The molecule has 0 saturated heterocycles. The maximum atomic E-state index is 12.4. The number of H-pyrrole nitrogens is 1. The van der Waals surface area contributed by atoms with Crippen LogP contribution in [-0.4, -0.2) is 9.97 Å². The summed E-state index contributed by atoms with van der Waals surface area (Å²) in [6.07, 6.45) is -3.82. The molecule has 0 bridgehead atoms. The summed E-state index contributed by atoms with van der Waals surface area (Å²) < 4.78 is 37.3. The Kier molecular flexibility index (Phi) is 3.18. The van der Waals surface area contributed by atoms with Crippen LogP contribution in [0.15, 0.2) is 10.3 Å². The lowest BCUT2D eigenvalue weighted by atomic mass is 10.2. The van der Waals surface area contributed by atoms with Gasteiger partial charge in [0.15, 0.2) is 5.69 Å². The third-order valence-corrected chi connectivity index (χ3v) is 1.70. The minimum absolute atomic E-state index is 0.0981. The summed E-state index contributed by atoms with van der Waals surface area (Å²) in [6, 6.07) is 0. The Morgan fingerprint density at radius 2 is 2.07 bits per heavy atom. The molecule has 0 atom stereocenters. The molecule has 1 heterocycles. The number of alkyl halides is 3. The third-order valence-electron chi connectivity index (χ3n) is 1.57. The number of nitrogens with zero attached hydrogens (tertiary/aromatic N) is 1. The van der Waals surface area contributed by atoms with Crippen molar-refractivity contribution in [3.05, 3.63) is 33.0 Å². The van der Waals surface area contributed by atoms with Crippen molar-refractivity contribution >= 4 is 17.7 Å². The summed E-state index contributed by atoms with van der Waals surface area (Å²) in [6.45, 7) is 1.27. The van der Waals surface area contributed by atoms with E-state index in [2.05, 4.69) is 9.97 Å². The molecule has 0 aliphatic rings. The first-order valence-corrected chi connectivity index (χ1v) is 4.24. The van der Waals surface area contributed by atoms with Gasteiger partial charge in [0.1, 0.15) is 5.82 Å². The van der Waals surface area contributed by atoms with E-state index in [4.69, 9.17) is 11.6 Å². The van der Waals surface area contributed by atoms with Crippen LogP contribution in [0, 0.1) is 6.92 Å². The lowest BCUT2D eigenvalue weighted by molar-refractivity contribution is -0.141. The zero-order chi connectivity index (χ0) is 11.6. The van der Waals surface area contributed by atoms with Crippen LogP contribution in [0.5, 0.6) is 0 Å². The van der Waals surface area contributed by atoms with Crippen molar-refractivity contribution < 1.29 is 13.2 Å². The fraction of sp³-hybridized carbons (Fsp3) is 0.250. The van der Waals surface area contributed by atoms with Crippen molar-refractivity contribution in [3.8, 4) is 0 Å². The molecule has 0 spiro atoms. The molecule has 0 amide bonds. The highest BCUT2D eigenvalue weighted by atomic mass is 35.5. The Morgan fingerprint density at radius 3 is 2.53 bits per heavy atom. The van der Waals surface area contributed by atoms with Crippen LogP contribution in [0.1, 0.15) is 17.1 Å². The minimum Gasteiger partial charge on any atom is -0.310 e. The summed E-state index contributed by atoms with van der Waals surface area (Å²) in [5.74, 6) is -0.0981. The molecular formula is C8H6ClF3N2O. The topological polar surface area (TPSA) is 45.8 Å². The molecular weight excluding hydrogens is 233 g/mol. The molecule has 15 heavy (non-hydrogen) atoms. The standard InChI is InChI=1S/C8H6ClF3N2O/c1-4-13-6(8(10,11)12)5(2-3-9)7(15)14-4/h2-3H,1H3,(H,13,14,15). The summed E-state index contributed by atoms with van der Waals surface area (Å²) in [5, 5.41) is 0. The van der Waals surface area contributed by atoms with Gasteiger partial charge in [0.2, 0.25) is 0 Å². The smallest absolute Gasteiger partial charge is 0.310 e. The molecule has 82 valence electrons. The molecule has 0 unspecified atom stereocenters. The normalized spacial score (nSPS) is 12.3. The first kappa shape index (κ1) is 11.8. The number of aryl methyl sites for hydroxylation is 1. The maximum Gasteiger partial charge on any atom is 0.434 e. The fourth-order valence-corrected chi connectivity index (χ4v) is 1.15. The lowest BCUT2D eigenvalue weighted by Gasteiger charge is -2.08. The van der Waals surface area contributed by atoms with Gasteiger partial charge in [-0.3, -0.25) is 4.79 Å². The van der Waals surface area contributed by atoms with E-state index in [-0.39, 0.29) is 5.82 Å². The molecule has 1 rings (SSSR count). The number of aromatic nitrogens is 2. The number of nitrogens with one attached hydrogen (secondary N) is 1. The number of halogens is 4. The zero-order valence-corrected chi connectivity index (χ0v) is 8.28. The first-order chi connectivity index (χ1) is 6.86. The molecule has 3 nitrogen and oxygen atoms in total. The van der Waals surface area contributed by atoms with E-state index in [1.165, 1.54) is 6.92 Å². The van der Waals surface area contributed by atoms with Crippen LogP contribution in [0.3, 0.4) is 0 Å². The zero-order valence-electron chi connectivity index (χ0n) is 7.52. The van der Waals surface area contributed by atoms with E-state index < -0.39 is 23.0 Å². The van der Waals surface area contributed by atoms with Gasteiger partial charge in [-0.1, -0.05) is 11.6 Å². The van der Waals surface area contributed by atoms with Crippen LogP contribution in [0.25, 0.3) is 6.08 Å². The molecule has 7 heteroatoms. The molecule has 1 aromatic rings. The summed E-state index contributed by atoms with van der Waals surface area (Å²) in [7, 11) is 0. The largest absolute Gasteiger partial charge is 0.434 e. The Labute approximate surface area is 87.6 Å². The Morgan fingerprint density at radius 1 is 1.47 bits per heavy atom. The second kappa shape index (κ2) is 4.06. The predicted octanol–water partition coefficient (Wildman–Crippen LogP) is 2.31. The van der Waals surface area contributed by atoms with Gasteiger partial charge in [0, 0.05) is 5.54 Å². The highest BCUT2D eigenvalue weighted by Gasteiger charge is 2.36. The van der Waals surface area contributed by atoms with Crippen molar-refractivity contribution in [2.75, 3.05) is 0 Å². The lowest BCUT2D eigenvalue weighted by Crippen LogP contribution is -2.22. The highest BCUT2D eigenvalue weighted by molar-refractivity contribution is 6.27. The molecule has 0 saturated carbocycles. The first-order valence-electron chi connectivity index (χ1n) is 3.81. The van der Waals surface area contributed by atoms with Crippen LogP contribution in [0.2, 0.25) is 0 Å². The van der Waals surface area contributed by atoms with Crippen molar-refractivity contribution in [2.24, 2.45) is 0 Å². The van der Waals surface area contributed by atoms with Gasteiger partial charge in [-0.15, -0.1) is 0 Å². The van der Waals surface area contributed by atoms with Crippen molar-refractivity contribution in [1.82, 2.24) is 9.97 Å². The Bertz CT molecular complexity index is 450. The van der Waals surface area contributed by atoms with Gasteiger partial charge in [-0.25, -0.2) is 4.98 Å². The monoisotopic (exact) mass is 238 g/mol. The number of aromatic amines is 1. The van der Waals surface area contributed by atoms with E-state index in [0.29, 0.717) is 0 Å². The molecule has 0 fully saturated rings. The van der Waals surface area contributed by atoms with Crippen molar-refractivity contribution in [3.63, 3.8) is 0 Å². The van der Waals surface area contributed by atoms with Gasteiger partial charge in [-0.05, 0) is 13.0 Å². The van der Waals surface area contributed by atoms with Crippen molar-refractivity contribution in [2.45, 2.75) is 13.1 Å². The van der Waals surface area contributed by atoms with Crippen LogP contribution >= 0.6 is 11.6 Å². The molecule has 0 radical (unpaired) electrons. The average molecular weight is 239 g/mol. The number of hydrogen-bond donors (Lipinski definition) is 1. The van der Waals surface area contributed by atoms with E-state index in [0.717, 1.165) is 11.6 Å². The summed E-state index contributed by atoms with van der Waals surface area (Å²) >= 11 is 5.14. The number of hydrogen-bond acceptors (Lipinski definition) is 2. The molecule has 1 aromatic heterocycles. The van der Waals surface area contributed by atoms with Gasteiger partial charge in [0.25, 0.3) is 5.56 Å². The van der Waals surface area contributed by atoms with Gasteiger partial charge in [0.05, 0.1) is 5.56 Å². The maximum absolute atomic E-state index is 12.4. The number of rotatable bonds is 1. The van der Waals surface area contributed by atoms with Crippen LogP contribution in [-0.2, 0) is 6.18 Å². The molecule has 0 aromatic carbocycles. The van der Waals surface area contributed by atoms with Gasteiger partial charge >= 0.3 is 6.18 Å². The fourth-order valence-electron chi connectivity index (χ4n) is 1.03. The highest BCUT2D eigenvalue weighted by Crippen LogP contribution is 2.29. The average Bonchev–Trinajstić information content (AvgIpc) is 2.07. The van der Waals surface area contributed by atoms with E-state index in [1.807, 2.05) is 0 Å². The Hall–Kier alpha value is -1.30. The SMILES string of the molecule is Cc1nc(C(F)(F)F)c(C=CCl)c(=O)[nH]1. The van der Waals surface area contributed by atoms with E-state index in [9.17, 15) is 18.0 Å². The van der Waals surface area contributed by atoms with E-state index >= 15 is 0 Å². The van der Waals surface area contributed by atoms with Crippen LogP contribution in [0.4, 0.5) is 13.2 Å². The Balaban J connectivity index is 3.54. The second-order valence-corrected chi connectivity index (χ2v) is 2.96. The van der Waals surface area contributed by atoms with Crippen molar-refractivity contribution in [1.29, 1.82) is 0 Å². The summed E-state index contributed by atoms with van der Waals surface area (Å²) in [4.78, 5) is 16.6. The van der Waals surface area contributed by atoms with Crippen LogP contribution < -0.4 is 5.56 Å². The predicted molar refractivity (Wildman–Crippen MR) is 49.5 cm³/mol. The van der Waals surface area contributed by atoms with Gasteiger partial charge < -0.3 is 4.98 Å². The van der Waals surface area contributed by atoms with E-state index in [1.54, 1.807) is 0 Å². The van der Waals surface area contributed by atoms with Gasteiger partial charge in [-0.2, -0.15) is 13.2 Å².